The predicted octanol–water partition coefficient (Wildman–Crippen LogP) is 2.13. The third-order valence-corrected chi connectivity index (χ3v) is 4.51. The number of nitrogens with zero attached hydrogens (tertiary/aromatic N) is 2. The van der Waals surface area contributed by atoms with Crippen LogP contribution < -0.4 is 0 Å². The normalized spacial score (nSPS) is 13.7. The quantitative estimate of drug-likeness (QED) is 0.659. The average Bonchev–Trinajstić information content (AvgIpc) is 2.25. The minimum atomic E-state index is -3.43. The van der Waals surface area contributed by atoms with Gasteiger partial charge < -0.3 is 0 Å². The molecule has 0 aromatic heterocycles. The van der Waals surface area contributed by atoms with E-state index in [1.165, 1.54) is 4.31 Å². The predicted molar refractivity (Wildman–Crippen MR) is 65.4 cm³/mol. The number of sulfonamides is 1. The van der Waals surface area contributed by atoms with Crippen molar-refractivity contribution in [1.82, 2.24) is 4.31 Å². The molecule has 94 valence electrons. The van der Waals surface area contributed by atoms with Crippen LogP contribution in [0.5, 0.6) is 0 Å². The molecule has 16 heavy (non-hydrogen) atoms. The van der Waals surface area contributed by atoms with Crippen molar-refractivity contribution in [3.05, 3.63) is 0 Å². The van der Waals surface area contributed by atoms with Crippen LogP contribution >= 0.6 is 0 Å². The highest BCUT2D eigenvalue weighted by molar-refractivity contribution is 7.90. The maximum Gasteiger partial charge on any atom is 0.230 e. The Morgan fingerprint density at radius 2 is 1.62 bits per heavy atom. The molecular weight excluding hydrogens is 224 g/mol. The third kappa shape index (κ3) is 4.11. The SMILES string of the molecule is CCCC(C#N)S(=O)(=O)N(CCC)CCC. The lowest BCUT2D eigenvalue weighted by atomic mass is 10.3. The van der Waals surface area contributed by atoms with E-state index in [2.05, 4.69) is 0 Å². The molecule has 0 bridgehead atoms. The zero-order valence-corrected chi connectivity index (χ0v) is 11.3. The minimum Gasteiger partial charge on any atom is -0.211 e. The number of nitriles is 1. The summed E-state index contributed by atoms with van der Waals surface area (Å²) in [5, 5.41) is 8.04. The van der Waals surface area contributed by atoms with Gasteiger partial charge in [0, 0.05) is 13.1 Å². The van der Waals surface area contributed by atoms with Crippen molar-refractivity contribution in [1.29, 1.82) is 5.26 Å². The van der Waals surface area contributed by atoms with E-state index in [9.17, 15) is 8.42 Å². The van der Waals surface area contributed by atoms with Gasteiger partial charge >= 0.3 is 0 Å². The maximum atomic E-state index is 12.1. The van der Waals surface area contributed by atoms with Gasteiger partial charge in [0.15, 0.2) is 5.25 Å². The highest BCUT2D eigenvalue weighted by Crippen LogP contribution is 2.14. The molecule has 0 spiro atoms. The highest BCUT2D eigenvalue weighted by atomic mass is 32.2. The number of hydrogen-bond donors (Lipinski definition) is 0. The molecule has 0 aromatic rings. The smallest absolute Gasteiger partial charge is 0.211 e. The van der Waals surface area contributed by atoms with Crippen LogP contribution in [0.4, 0.5) is 0 Å². The lowest BCUT2D eigenvalue weighted by Gasteiger charge is -2.23. The maximum absolute atomic E-state index is 12.1. The Bertz CT molecular complexity index is 313. The second-order valence-electron chi connectivity index (χ2n) is 3.85. The lowest BCUT2D eigenvalue weighted by molar-refractivity contribution is 0.405. The molecule has 0 radical (unpaired) electrons. The Kier molecular flexibility index (Phi) is 7.35. The molecule has 0 fully saturated rings. The van der Waals surface area contributed by atoms with Crippen molar-refractivity contribution in [3.8, 4) is 6.07 Å². The van der Waals surface area contributed by atoms with Crippen molar-refractivity contribution in [2.24, 2.45) is 0 Å². The van der Waals surface area contributed by atoms with E-state index in [1.54, 1.807) is 0 Å². The Hall–Kier alpha value is -0.600. The molecule has 1 unspecified atom stereocenters. The van der Waals surface area contributed by atoms with Crippen LogP contribution in [0.25, 0.3) is 0 Å². The summed E-state index contributed by atoms with van der Waals surface area (Å²) in [7, 11) is -3.43. The first-order chi connectivity index (χ1) is 7.54. The summed E-state index contributed by atoms with van der Waals surface area (Å²) in [6, 6.07) is 1.91. The van der Waals surface area contributed by atoms with E-state index in [4.69, 9.17) is 5.26 Å². The third-order valence-electron chi connectivity index (χ3n) is 2.36. The fourth-order valence-corrected chi connectivity index (χ4v) is 3.49. The van der Waals surface area contributed by atoms with Gasteiger partial charge in [-0.1, -0.05) is 27.2 Å². The topological polar surface area (TPSA) is 61.2 Å². The summed E-state index contributed by atoms with van der Waals surface area (Å²) in [5.41, 5.74) is 0. The summed E-state index contributed by atoms with van der Waals surface area (Å²) >= 11 is 0. The van der Waals surface area contributed by atoms with Crippen LogP contribution in [-0.4, -0.2) is 31.1 Å². The zero-order valence-electron chi connectivity index (χ0n) is 10.4. The number of rotatable bonds is 8. The van der Waals surface area contributed by atoms with Crippen LogP contribution in [0.15, 0.2) is 0 Å². The minimum absolute atomic E-state index is 0.419. The van der Waals surface area contributed by atoms with Crippen LogP contribution in [0.3, 0.4) is 0 Å². The second kappa shape index (κ2) is 7.64. The summed E-state index contributed by atoms with van der Waals surface area (Å²) in [6.45, 7) is 6.80. The first-order valence-corrected chi connectivity index (χ1v) is 7.43. The van der Waals surface area contributed by atoms with E-state index in [0.29, 0.717) is 25.9 Å². The summed E-state index contributed by atoms with van der Waals surface area (Å²) in [6.07, 6.45) is 2.69. The van der Waals surface area contributed by atoms with Gasteiger partial charge in [-0.05, 0) is 19.3 Å². The molecule has 0 aliphatic carbocycles. The van der Waals surface area contributed by atoms with E-state index in [0.717, 1.165) is 12.8 Å². The van der Waals surface area contributed by atoms with Crippen LogP contribution in [0, 0.1) is 11.3 Å². The molecule has 0 aliphatic rings. The second-order valence-corrected chi connectivity index (χ2v) is 5.97. The molecule has 0 heterocycles. The van der Waals surface area contributed by atoms with Gasteiger partial charge in [-0.15, -0.1) is 0 Å². The summed E-state index contributed by atoms with van der Waals surface area (Å²) in [5.74, 6) is 0. The molecule has 4 nitrogen and oxygen atoms in total. The molecule has 0 aliphatic heterocycles. The molecular formula is C11H22N2O2S. The van der Waals surface area contributed by atoms with E-state index < -0.39 is 15.3 Å². The van der Waals surface area contributed by atoms with Gasteiger partial charge in [-0.2, -0.15) is 5.26 Å². The van der Waals surface area contributed by atoms with Gasteiger partial charge in [-0.25, -0.2) is 12.7 Å². The van der Waals surface area contributed by atoms with Crippen molar-refractivity contribution in [2.45, 2.75) is 51.7 Å². The molecule has 0 amide bonds. The van der Waals surface area contributed by atoms with Gasteiger partial charge in [0.1, 0.15) is 0 Å². The molecule has 0 rings (SSSR count). The summed E-state index contributed by atoms with van der Waals surface area (Å²) in [4.78, 5) is 0. The molecule has 0 saturated heterocycles. The molecule has 1 atom stereocenters. The van der Waals surface area contributed by atoms with E-state index in [1.807, 2.05) is 26.8 Å². The fourth-order valence-electron chi connectivity index (χ4n) is 1.59. The highest BCUT2D eigenvalue weighted by Gasteiger charge is 2.30. The van der Waals surface area contributed by atoms with Gasteiger partial charge in [0.25, 0.3) is 0 Å². The standard InChI is InChI=1S/C11H22N2O2S/c1-4-7-11(10-12)16(14,15)13(8-5-2)9-6-3/h11H,4-9H2,1-3H3. The average molecular weight is 246 g/mol. The Labute approximate surface area is 99.3 Å². The first kappa shape index (κ1) is 15.4. The molecule has 5 heteroatoms. The first-order valence-electron chi connectivity index (χ1n) is 5.93. The lowest BCUT2D eigenvalue weighted by Crippen LogP contribution is -2.39. The van der Waals surface area contributed by atoms with E-state index in [-0.39, 0.29) is 0 Å². The Morgan fingerprint density at radius 1 is 1.12 bits per heavy atom. The van der Waals surface area contributed by atoms with Crippen LogP contribution in [0.2, 0.25) is 0 Å². The van der Waals surface area contributed by atoms with Crippen molar-refractivity contribution in [2.75, 3.05) is 13.1 Å². The monoisotopic (exact) mass is 246 g/mol. The van der Waals surface area contributed by atoms with E-state index >= 15 is 0 Å². The Morgan fingerprint density at radius 3 is 1.94 bits per heavy atom. The van der Waals surface area contributed by atoms with Crippen molar-refractivity contribution < 1.29 is 8.42 Å². The fraction of sp³-hybridized carbons (Fsp3) is 0.909. The molecule has 0 saturated carbocycles. The van der Waals surface area contributed by atoms with Crippen LogP contribution in [0.1, 0.15) is 46.5 Å². The van der Waals surface area contributed by atoms with Crippen molar-refractivity contribution >= 4 is 10.0 Å². The van der Waals surface area contributed by atoms with Gasteiger partial charge in [0.05, 0.1) is 6.07 Å². The largest absolute Gasteiger partial charge is 0.230 e. The molecule has 0 aromatic carbocycles. The Balaban J connectivity index is 4.88. The molecule has 0 N–H and O–H groups in total. The summed E-state index contributed by atoms with van der Waals surface area (Å²) < 4.78 is 25.7. The van der Waals surface area contributed by atoms with Crippen molar-refractivity contribution in [3.63, 3.8) is 0 Å². The zero-order chi connectivity index (χ0) is 12.6. The van der Waals surface area contributed by atoms with Crippen LogP contribution in [-0.2, 0) is 10.0 Å². The van der Waals surface area contributed by atoms with Gasteiger partial charge in [0.2, 0.25) is 10.0 Å². The number of hydrogen-bond acceptors (Lipinski definition) is 3. The van der Waals surface area contributed by atoms with Gasteiger partial charge in [-0.3, -0.25) is 0 Å².